The normalized spacial score (nSPS) is 26.4. The molecule has 0 saturated heterocycles. The molecule has 2 aliphatic carbocycles. The SMILES string of the molecule is CC(C)c1cc2c(cc1[N+](=O)[O-])[C@@]1(C)CCC[C@@](C)(CN3C(=O)c4c(Cl)c(Cl)c(Cl)c(Cl)c4C3=O)[C@@H]1CC2. The van der Waals surface area contributed by atoms with Crippen LogP contribution in [0.3, 0.4) is 0 Å². The maximum atomic E-state index is 13.5. The second-order valence-electron chi connectivity index (χ2n) is 11.7. The minimum absolute atomic E-state index is 0.0101. The van der Waals surface area contributed by atoms with Gasteiger partial charge in [0, 0.05) is 18.2 Å². The predicted molar refractivity (Wildman–Crippen MR) is 150 cm³/mol. The molecule has 0 unspecified atom stereocenters. The number of nitro benzene ring substituents is 1. The lowest BCUT2D eigenvalue weighted by atomic mass is 9.49. The number of hydrogen-bond acceptors (Lipinski definition) is 4. The van der Waals surface area contributed by atoms with Gasteiger partial charge in [-0.3, -0.25) is 24.6 Å². The molecule has 1 fully saturated rings. The Morgan fingerprint density at radius 2 is 1.58 bits per heavy atom. The standard InChI is InChI=1S/C28H28Cl4N2O4/c1-13(2)15-10-14-6-7-18-27(3,8-5-9-28(18,4)16(14)11-17(15)34(37)38)12-33-25(35)19-20(26(33)36)22(30)24(32)23(31)21(19)29/h10-11,13,18H,5-9,12H2,1-4H3/t18-,27-,28+/m0/s1. The van der Waals surface area contributed by atoms with E-state index in [2.05, 4.69) is 13.8 Å². The van der Waals surface area contributed by atoms with Gasteiger partial charge in [0.2, 0.25) is 0 Å². The van der Waals surface area contributed by atoms with Crippen LogP contribution in [0.15, 0.2) is 12.1 Å². The van der Waals surface area contributed by atoms with Crippen molar-refractivity contribution in [2.24, 2.45) is 11.3 Å². The van der Waals surface area contributed by atoms with Gasteiger partial charge in [-0.05, 0) is 65.5 Å². The molecule has 5 rings (SSSR count). The molecule has 0 spiro atoms. The number of carbonyl (C=O) groups is 2. The van der Waals surface area contributed by atoms with E-state index in [1.54, 1.807) is 6.07 Å². The first-order chi connectivity index (χ1) is 17.7. The minimum atomic E-state index is -0.530. The van der Waals surface area contributed by atoms with E-state index in [1.807, 2.05) is 19.9 Å². The van der Waals surface area contributed by atoms with Crippen LogP contribution in [0.2, 0.25) is 20.1 Å². The van der Waals surface area contributed by atoms with Gasteiger partial charge in [0.05, 0.1) is 36.1 Å². The van der Waals surface area contributed by atoms with E-state index in [-0.39, 0.29) is 65.6 Å². The molecule has 2 aromatic rings. The Hall–Kier alpha value is -1.86. The number of rotatable bonds is 4. The molecule has 38 heavy (non-hydrogen) atoms. The van der Waals surface area contributed by atoms with Crippen LogP contribution in [0, 0.1) is 21.4 Å². The first-order valence-electron chi connectivity index (χ1n) is 12.8. The fourth-order valence-electron chi connectivity index (χ4n) is 7.37. The second-order valence-corrected chi connectivity index (χ2v) is 13.2. The van der Waals surface area contributed by atoms with Crippen molar-refractivity contribution in [1.29, 1.82) is 0 Å². The summed E-state index contributed by atoms with van der Waals surface area (Å²) in [6.07, 6.45) is 4.20. The molecule has 0 aromatic heterocycles. The topological polar surface area (TPSA) is 80.5 Å². The van der Waals surface area contributed by atoms with Crippen LogP contribution < -0.4 is 0 Å². The van der Waals surface area contributed by atoms with Crippen LogP contribution in [-0.4, -0.2) is 28.2 Å². The third-order valence-electron chi connectivity index (χ3n) is 9.15. The number of hydrogen-bond donors (Lipinski definition) is 0. The van der Waals surface area contributed by atoms with E-state index in [1.165, 1.54) is 4.90 Å². The van der Waals surface area contributed by atoms with Crippen molar-refractivity contribution in [3.63, 3.8) is 0 Å². The van der Waals surface area contributed by atoms with Crippen LogP contribution in [-0.2, 0) is 11.8 Å². The van der Waals surface area contributed by atoms with Gasteiger partial charge in [-0.15, -0.1) is 0 Å². The van der Waals surface area contributed by atoms with Gasteiger partial charge in [0.1, 0.15) is 0 Å². The molecular weight excluding hydrogens is 570 g/mol. The van der Waals surface area contributed by atoms with Crippen LogP contribution in [0.4, 0.5) is 5.69 Å². The maximum absolute atomic E-state index is 13.5. The fraction of sp³-hybridized carbons (Fsp3) is 0.500. The molecule has 1 aliphatic heterocycles. The zero-order chi connectivity index (χ0) is 27.9. The number of amides is 2. The zero-order valence-electron chi connectivity index (χ0n) is 21.6. The lowest BCUT2D eigenvalue weighted by Crippen LogP contribution is -2.54. The number of benzene rings is 2. The van der Waals surface area contributed by atoms with E-state index < -0.39 is 17.2 Å². The summed E-state index contributed by atoms with van der Waals surface area (Å²) in [4.78, 5) is 39.9. The Bertz CT molecular complexity index is 1380. The van der Waals surface area contributed by atoms with Crippen LogP contribution >= 0.6 is 46.4 Å². The van der Waals surface area contributed by atoms with E-state index in [0.717, 1.165) is 48.8 Å². The number of carbonyl (C=O) groups excluding carboxylic acids is 2. The van der Waals surface area contributed by atoms with E-state index in [9.17, 15) is 19.7 Å². The lowest BCUT2D eigenvalue weighted by molar-refractivity contribution is -0.385. The third-order valence-corrected chi connectivity index (χ3v) is 10.9. The summed E-state index contributed by atoms with van der Waals surface area (Å²) in [5, 5.41) is 11.7. The van der Waals surface area contributed by atoms with Crippen molar-refractivity contribution in [3.8, 4) is 0 Å². The van der Waals surface area contributed by atoms with Crippen LogP contribution in [0.25, 0.3) is 0 Å². The highest BCUT2D eigenvalue weighted by atomic mass is 35.5. The van der Waals surface area contributed by atoms with Crippen molar-refractivity contribution in [2.75, 3.05) is 6.54 Å². The summed E-state index contributed by atoms with van der Waals surface area (Å²) in [6.45, 7) is 8.43. The molecule has 0 N–H and O–H groups in total. The van der Waals surface area contributed by atoms with Gasteiger partial charge in [-0.1, -0.05) is 80.5 Å². The number of imide groups is 1. The Morgan fingerprint density at radius 3 is 2.11 bits per heavy atom. The third kappa shape index (κ3) is 3.89. The van der Waals surface area contributed by atoms with Gasteiger partial charge in [-0.25, -0.2) is 0 Å². The number of fused-ring (bicyclic) bond motifs is 4. The fourth-order valence-corrected chi connectivity index (χ4v) is 8.38. The Labute approximate surface area is 241 Å². The second kappa shape index (κ2) is 9.36. The zero-order valence-corrected chi connectivity index (χ0v) is 24.6. The van der Waals surface area contributed by atoms with Crippen LogP contribution in [0.1, 0.15) is 96.7 Å². The average molecular weight is 598 g/mol. The number of nitrogens with zero attached hydrogens (tertiary/aromatic N) is 2. The number of halogens is 4. The Balaban J connectivity index is 1.55. The smallest absolute Gasteiger partial charge is 0.273 e. The van der Waals surface area contributed by atoms with E-state index in [4.69, 9.17) is 46.4 Å². The molecule has 2 aromatic carbocycles. The van der Waals surface area contributed by atoms with Crippen molar-refractivity contribution in [1.82, 2.24) is 4.90 Å². The maximum Gasteiger partial charge on any atom is 0.273 e. The van der Waals surface area contributed by atoms with E-state index in [0.29, 0.717) is 0 Å². The highest BCUT2D eigenvalue weighted by Gasteiger charge is 2.54. The predicted octanol–water partition coefficient (Wildman–Crippen LogP) is 8.64. The number of nitro groups is 1. The summed E-state index contributed by atoms with van der Waals surface area (Å²) in [6, 6.07) is 3.81. The monoisotopic (exact) mass is 596 g/mol. The van der Waals surface area contributed by atoms with Gasteiger partial charge in [0.25, 0.3) is 17.5 Å². The lowest BCUT2D eigenvalue weighted by Gasteiger charge is -2.56. The molecule has 3 aliphatic rings. The largest absolute Gasteiger partial charge is 0.274 e. The molecule has 202 valence electrons. The Morgan fingerprint density at radius 1 is 1.00 bits per heavy atom. The molecule has 3 atom stereocenters. The highest BCUT2D eigenvalue weighted by molar-refractivity contribution is 6.55. The first kappa shape index (κ1) is 27.7. The molecule has 0 bridgehead atoms. The highest BCUT2D eigenvalue weighted by Crippen LogP contribution is 2.59. The van der Waals surface area contributed by atoms with Gasteiger partial charge < -0.3 is 0 Å². The molecule has 6 nitrogen and oxygen atoms in total. The molecule has 10 heteroatoms. The first-order valence-corrected chi connectivity index (χ1v) is 14.3. The molecule has 2 amide bonds. The quantitative estimate of drug-likeness (QED) is 0.116. The summed E-state index contributed by atoms with van der Waals surface area (Å²) >= 11 is 25.1. The van der Waals surface area contributed by atoms with Gasteiger partial charge >= 0.3 is 0 Å². The van der Waals surface area contributed by atoms with Gasteiger partial charge in [0.15, 0.2) is 0 Å². The van der Waals surface area contributed by atoms with E-state index >= 15 is 0 Å². The molecule has 0 radical (unpaired) electrons. The average Bonchev–Trinajstić information content (AvgIpc) is 3.10. The minimum Gasteiger partial charge on any atom is -0.274 e. The molecular formula is C28H28Cl4N2O4. The Kier molecular flexibility index (Phi) is 6.82. The molecule has 1 saturated carbocycles. The van der Waals surface area contributed by atoms with Crippen molar-refractivity contribution in [3.05, 3.63) is 70.2 Å². The summed E-state index contributed by atoms with van der Waals surface area (Å²) in [5.41, 5.74) is 2.32. The van der Waals surface area contributed by atoms with Gasteiger partial charge in [-0.2, -0.15) is 0 Å². The van der Waals surface area contributed by atoms with Crippen LogP contribution in [0.5, 0.6) is 0 Å². The van der Waals surface area contributed by atoms with Crippen molar-refractivity contribution >= 4 is 63.9 Å². The summed E-state index contributed by atoms with van der Waals surface area (Å²) < 4.78 is 0. The summed E-state index contributed by atoms with van der Waals surface area (Å²) in [5.74, 6) is -0.921. The van der Waals surface area contributed by atoms with Crippen molar-refractivity contribution < 1.29 is 14.5 Å². The summed E-state index contributed by atoms with van der Waals surface area (Å²) in [7, 11) is 0. The number of aryl methyl sites for hydroxylation is 1. The van der Waals surface area contributed by atoms with Crippen molar-refractivity contribution in [2.45, 2.75) is 71.1 Å². The molecule has 1 heterocycles.